The van der Waals surface area contributed by atoms with Crippen molar-refractivity contribution in [3.05, 3.63) is 34.1 Å². The number of nitrogens with zero attached hydrogens (tertiary/aromatic N) is 2. The van der Waals surface area contributed by atoms with Crippen LogP contribution >= 0.6 is 27.7 Å². The lowest BCUT2D eigenvalue weighted by Gasteiger charge is -2.00. The molecule has 0 aliphatic rings. The van der Waals surface area contributed by atoms with Crippen molar-refractivity contribution in [2.24, 2.45) is 0 Å². The van der Waals surface area contributed by atoms with Gasteiger partial charge in [-0.25, -0.2) is 9.49 Å². The van der Waals surface area contributed by atoms with Gasteiger partial charge in [-0.3, -0.25) is 0 Å². The fraction of sp³-hybridized carbons (Fsp3) is 0.111. The Morgan fingerprint density at radius 3 is 2.94 bits per heavy atom. The number of thioether (sulfide) groups is 1. The number of aromatic nitrogens is 3. The molecule has 0 saturated heterocycles. The molecule has 0 saturated carbocycles. The Balaban J connectivity index is 2.02. The van der Waals surface area contributed by atoms with E-state index in [0.717, 1.165) is 5.56 Å². The second-order valence-electron chi connectivity index (χ2n) is 3.04. The minimum atomic E-state index is -0.268. The van der Waals surface area contributed by atoms with Gasteiger partial charge in [0.05, 0.1) is 4.47 Å². The summed E-state index contributed by atoms with van der Waals surface area (Å²) in [4.78, 5) is 3.95. The van der Waals surface area contributed by atoms with E-state index in [0.29, 0.717) is 21.3 Å². The maximum absolute atomic E-state index is 13.0. The number of halogens is 2. The highest BCUT2D eigenvalue weighted by molar-refractivity contribution is 9.10. The lowest BCUT2D eigenvalue weighted by Crippen LogP contribution is -1.86. The highest BCUT2D eigenvalue weighted by Crippen LogP contribution is 2.23. The van der Waals surface area contributed by atoms with Crippen LogP contribution in [-0.2, 0) is 5.75 Å². The van der Waals surface area contributed by atoms with E-state index >= 15 is 0 Å². The number of rotatable bonds is 3. The molecule has 0 aliphatic carbocycles. The van der Waals surface area contributed by atoms with Gasteiger partial charge < -0.3 is 5.73 Å². The topological polar surface area (TPSA) is 67.6 Å². The van der Waals surface area contributed by atoms with Gasteiger partial charge >= 0.3 is 0 Å². The summed E-state index contributed by atoms with van der Waals surface area (Å²) in [6, 6.07) is 4.88. The van der Waals surface area contributed by atoms with Gasteiger partial charge in [-0.2, -0.15) is 4.98 Å². The quantitative estimate of drug-likeness (QED) is 0.855. The number of benzene rings is 1. The molecule has 0 atom stereocenters. The van der Waals surface area contributed by atoms with Crippen molar-refractivity contribution in [2.45, 2.75) is 10.9 Å². The normalized spacial score (nSPS) is 10.6. The van der Waals surface area contributed by atoms with Crippen molar-refractivity contribution in [2.75, 3.05) is 5.73 Å². The minimum Gasteiger partial charge on any atom is -0.368 e. The third kappa shape index (κ3) is 2.73. The van der Waals surface area contributed by atoms with Gasteiger partial charge in [0.2, 0.25) is 11.1 Å². The first kappa shape index (κ1) is 11.4. The summed E-state index contributed by atoms with van der Waals surface area (Å²) in [5, 5.41) is 7.02. The Labute approximate surface area is 104 Å². The van der Waals surface area contributed by atoms with Crippen LogP contribution in [0.25, 0.3) is 0 Å². The van der Waals surface area contributed by atoms with Crippen molar-refractivity contribution < 1.29 is 4.39 Å². The van der Waals surface area contributed by atoms with Crippen LogP contribution in [0.3, 0.4) is 0 Å². The Morgan fingerprint density at radius 2 is 2.31 bits per heavy atom. The molecule has 0 amide bonds. The van der Waals surface area contributed by atoms with E-state index in [1.165, 1.54) is 17.8 Å². The largest absolute Gasteiger partial charge is 0.368 e. The molecule has 84 valence electrons. The summed E-state index contributed by atoms with van der Waals surface area (Å²) in [5.41, 5.74) is 6.38. The van der Waals surface area contributed by atoms with Crippen molar-refractivity contribution in [1.29, 1.82) is 0 Å². The number of nitrogen functional groups attached to an aromatic ring is 1. The maximum atomic E-state index is 13.0. The van der Waals surface area contributed by atoms with Gasteiger partial charge in [-0.15, -0.1) is 5.10 Å². The highest BCUT2D eigenvalue weighted by atomic mass is 79.9. The molecule has 7 heteroatoms. The second kappa shape index (κ2) is 4.84. The monoisotopic (exact) mass is 302 g/mol. The fourth-order valence-corrected chi connectivity index (χ4v) is 2.27. The zero-order chi connectivity index (χ0) is 11.5. The fourth-order valence-electron chi connectivity index (χ4n) is 1.10. The van der Waals surface area contributed by atoms with Crippen molar-refractivity contribution in [1.82, 2.24) is 15.2 Å². The lowest BCUT2D eigenvalue weighted by atomic mass is 10.2. The molecule has 1 heterocycles. The molecule has 0 bridgehead atoms. The Hall–Kier alpha value is -1.08. The highest BCUT2D eigenvalue weighted by Gasteiger charge is 2.04. The second-order valence-corrected chi connectivity index (χ2v) is 4.84. The van der Waals surface area contributed by atoms with E-state index < -0.39 is 0 Å². The van der Waals surface area contributed by atoms with Crippen LogP contribution in [0.4, 0.5) is 10.3 Å². The van der Waals surface area contributed by atoms with Crippen molar-refractivity contribution in [3.8, 4) is 0 Å². The Kier molecular flexibility index (Phi) is 3.45. The molecule has 0 aliphatic heterocycles. The minimum absolute atomic E-state index is 0.268. The van der Waals surface area contributed by atoms with Crippen LogP contribution in [0.2, 0.25) is 0 Å². The van der Waals surface area contributed by atoms with E-state index in [4.69, 9.17) is 5.73 Å². The molecular weight excluding hydrogens is 295 g/mol. The van der Waals surface area contributed by atoms with Crippen LogP contribution in [0.15, 0.2) is 27.8 Å². The number of hydrogen-bond acceptors (Lipinski definition) is 4. The molecular formula is C9H8BrFN4S. The molecule has 1 aromatic heterocycles. The van der Waals surface area contributed by atoms with Gasteiger partial charge in [0.1, 0.15) is 5.82 Å². The van der Waals surface area contributed by atoms with E-state index in [1.54, 1.807) is 12.1 Å². The number of anilines is 1. The summed E-state index contributed by atoms with van der Waals surface area (Å²) in [5.74, 6) is 0.689. The maximum Gasteiger partial charge on any atom is 0.216 e. The van der Waals surface area contributed by atoms with Crippen molar-refractivity contribution in [3.63, 3.8) is 0 Å². The smallest absolute Gasteiger partial charge is 0.216 e. The predicted molar refractivity (Wildman–Crippen MR) is 64.5 cm³/mol. The first-order chi connectivity index (χ1) is 7.65. The summed E-state index contributed by atoms with van der Waals surface area (Å²) < 4.78 is 13.4. The molecule has 16 heavy (non-hydrogen) atoms. The van der Waals surface area contributed by atoms with Crippen molar-refractivity contribution >= 4 is 33.6 Å². The number of H-pyrrole nitrogens is 1. The number of aromatic amines is 1. The first-order valence-electron chi connectivity index (χ1n) is 4.40. The molecule has 0 unspecified atom stereocenters. The molecule has 4 nitrogen and oxygen atoms in total. The Morgan fingerprint density at radius 1 is 1.50 bits per heavy atom. The first-order valence-corrected chi connectivity index (χ1v) is 6.17. The third-order valence-corrected chi connectivity index (χ3v) is 3.36. The van der Waals surface area contributed by atoms with Crippen LogP contribution in [0, 0.1) is 5.82 Å². The number of nitrogens with one attached hydrogen (secondary N) is 1. The average molecular weight is 303 g/mol. The lowest BCUT2D eigenvalue weighted by molar-refractivity contribution is 0.620. The van der Waals surface area contributed by atoms with Gasteiger partial charge in [0.15, 0.2) is 0 Å². The molecule has 2 aromatic rings. The average Bonchev–Trinajstić information content (AvgIpc) is 2.66. The molecule has 3 N–H and O–H groups in total. The zero-order valence-corrected chi connectivity index (χ0v) is 10.5. The molecule has 0 spiro atoms. The van der Waals surface area contributed by atoms with Crippen LogP contribution in [0.1, 0.15) is 5.56 Å². The van der Waals surface area contributed by atoms with Gasteiger partial charge in [-0.1, -0.05) is 17.8 Å². The third-order valence-electron chi connectivity index (χ3n) is 1.83. The molecule has 2 rings (SSSR count). The van der Waals surface area contributed by atoms with Gasteiger partial charge in [0, 0.05) is 5.75 Å². The SMILES string of the molecule is Nc1nc(SCc2ccc(F)c(Br)c2)n[nH]1. The summed E-state index contributed by atoms with van der Waals surface area (Å²) in [6.45, 7) is 0. The van der Waals surface area contributed by atoms with Crippen LogP contribution in [-0.4, -0.2) is 15.2 Å². The van der Waals surface area contributed by atoms with E-state index in [1.807, 2.05) is 0 Å². The summed E-state index contributed by atoms with van der Waals surface area (Å²) in [7, 11) is 0. The van der Waals surface area contributed by atoms with E-state index in [-0.39, 0.29) is 5.82 Å². The van der Waals surface area contributed by atoms with Crippen LogP contribution in [0.5, 0.6) is 0 Å². The summed E-state index contributed by atoms with van der Waals surface area (Å²) >= 11 is 4.57. The summed E-state index contributed by atoms with van der Waals surface area (Å²) in [6.07, 6.45) is 0. The number of hydrogen-bond donors (Lipinski definition) is 2. The number of nitrogens with two attached hydrogens (primary N) is 1. The molecule has 0 fully saturated rings. The van der Waals surface area contributed by atoms with Crippen LogP contribution < -0.4 is 5.73 Å². The zero-order valence-electron chi connectivity index (χ0n) is 8.08. The van der Waals surface area contributed by atoms with Gasteiger partial charge in [0.25, 0.3) is 0 Å². The van der Waals surface area contributed by atoms with Gasteiger partial charge in [-0.05, 0) is 33.6 Å². The standard InChI is InChI=1S/C9H8BrFN4S/c10-6-3-5(1-2-7(6)11)4-16-9-13-8(12)14-15-9/h1-3H,4H2,(H3,12,13,14,15). The molecule has 0 radical (unpaired) electrons. The predicted octanol–water partition coefficient (Wildman–Crippen LogP) is 2.58. The Bertz CT molecular complexity index is 502. The molecule has 1 aromatic carbocycles. The van der Waals surface area contributed by atoms with E-state index in [9.17, 15) is 4.39 Å². The van der Waals surface area contributed by atoms with E-state index in [2.05, 4.69) is 31.1 Å².